The number of nitrogens with one attached hydrogen (secondary N) is 1. The smallest absolute Gasteiger partial charge is 0.407 e. The van der Waals surface area contributed by atoms with Gasteiger partial charge in [0.1, 0.15) is 5.82 Å². The molecule has 2 rings (SSSR count). The first-order valence-corrected chi connectivity index (χ1v) is 3.82. The summed E-state index contributed by atoms with van der Waals surface area (Å²) in [5, 5.41) is 14.9. The Kier molecular flexibility index (Phi) is 1.57. The molecule has 1 aromatic rings. The van der Waals surface area contributed by atoms with Crippen molar-refractivity contribution in [2.24, 2.45) is 0 Å². The van der Waals surface area contributed by atoms with Gasteiger partial charge in [0.05, 0.1) is 5.92 Å². The van der Waals surface area contributed by atoms with Gasteiger partial charge in [-0.2, -0.15) is 4.98 Å². The zero-order valence-electron chi connectivity index (χ0n) is 6.77. The van der Waals surface area contributed by atoms with Crippen LogP contribution in [0.25, 0.3) is 0 Å². The number of rotatable bonds is 1. The molecule has 1 amide bonds. The number of amides is 1. The van der Waals surface area contributed by atoms with Gasteiger partial charge in [-0.15, -0.1) is 5.10 Å². The highest BCUT2D eigenvalue weighted by Gasteiger charge is 2.33. The Balaban J connectivity index is 1.97. The lowest BCUT2D eigenvalue weighted by molar-refractivity contribution is 0.103. The van der Waals surface area contributed by atoms with Gasteiger partial charge in [-0.05, 0) is 0 Å². The Hall–Kier alpha value is -1.79. The Labute approximate surface area is 73.6 Å². The Morgan fingerprint density at radius 3 is 2.85 bits per heavy atom. The molecule has 1 aliphatic heterocycles. The summed E-state index contributed by atoms with van der Waals surface area (Å²) >= 11 is 0. The van der Waals surface area contributed by atoms with Crippen LogP contribution in [0, 0.1) is 0 Å². The van der Waals surface area contributed by atoms with Gasteiger partial charge in [-0.1, -0.05) is 0 Å². The summed E-state index contributed by atoms with van der Waals surface area (Å²) in [6.45, 7) is 0.925. The molecule has 0 atom stereocenters. The van der Waals surface area contributed by atoms with E-state index in [1.807, 2.05) is 0 Å². The van der Waals surface area contributed by atoms with Gasteiger partial charge in [0, 0.05) is 13.1 Å². The largest absolute Gasteiger partial charge is 0.465 e. The first-order chi connectivity index (χ1) is 6.16. The van der Waals surface area contributed by atoms with Crippen molar-refractivity contribution >= 4 is 12.0 Å². The number of aromatic nitrogens is 3. The number of aromatic amines is 1. The maximum Gasteiger partial charge on any atom is 0.407 e. The van der Waals surface area contributed by atoms with Gasteiger partial charge in [0.15, 0.2) is 0 Å². The zero-order valence-corrected chi connectivity index (χ0v) is 6.77. The Morgan fingerprint density at radius 2 is 2.38 bits per heavy atom. The van der Waals surface area contributed by atoms with Crippen LogP contribution in [0.2, 0.25) is 0 Å². The number of nitrogens with two attached hydrogens (primary N) is 1. The second kappa shape index (κ2) is 2.61. The van der Waals surface area contributed by atoms with Crippen molar-refractivity contribution in [2.75, 3.05) is 18.8 Å². The van der Waals surface area contributed by atoms with Crippen molar-refractivity contribution in [1.82, 2.24) is 20.1 Å². The average molecular weight is 183 g/mol. The number of likely N-dealkylation sites (tertiary alicyclic amines) is 1. The third kappa shape index (κ3) is 1.28. The number of nitrogens with zero attached hydrogens (tertiary/aromatic N) is 3. The summed E-state index contributed by atoms with van der Waals surface area (Å²) in [6, 6.07) is 0. The molecule has 7 heteroatoms. The zero-order chi connectivity index (χ0) is 9.42. The number of hydrogen-bond donors (Lipinski definition) is 3. The highest BCUT2D eigenvalue weighted by molar-refractivity contribution is 5.66. The number of anilines is 1. The molecular formula is C6H9N5O2. The molecule has 0 unspecified atom stereocenters. The van der Waals surface area contributed by atoms with Gasteiger partial charge in [-0.3, -0.25) is 5.10 Å². The molecule has 0 spiro atoms. The van der Waals surface area contributed by atoms with Crippen LogP contribution in [-0.2, 0) is 0 Å². The average Bonchev–Trinajstić information content (AvgIpc) is 2.31. The van der Waals surface area contributed by atoms with Crippen LogP contribution in [0.1, 0.15) is 11.7 Å². The number of H-pyrrole nitrogens is 1. The molecule has 0 radical (unpaired) electrons. The van der Waals surface area contributed by atoms with Gasteiger partial charge >= 0.3 is 6.09 Å². The lowest BCUT2D eigenvalue weighted by Gasteiger charge is -2.35. The second-order valence-corrected chi connectivity index (χ2v) is 2.96. The van der Waals surface area contributed by atoms with Gasteiger partial charge in [0.25, 0.3) is 0 Å². The van der Waals surface area contributed by atoms with Crippen LogP contribution >= 0.6 is 0 Å². The first kappa shape index (κ1) is 7.84. The summed E-state index contributed by atoms with van der Waals surface area (Å²) < 4.78 is 0. The van der Waals surface area contributed by atoms with E-state index in [0.717, 1.165) is 0 Å². The van der Waals surface area contributed by atoms with Crippen molar-refractivity contribution in [1.29, 1.82) is 0 Å². The van der Waals surface area contributed by atoms with Crippen molar-refractivity contribution in [3.05, 3.63) is 5.82 Å². The molecule has 0 bridgehead atoms. The van der Waals surface area contributed by atoms with E-state index >= 15 is 0 Å². The predicted octanol–water partition coefficient (Wildman–Crippen LogP) is -0.536. The van der Waals surface area contributed by atoms with Crippen molar-refractivity contribution in [3.63, 3.8) is 0 Å². The maximum absolute atomic E-state index is 10.4. The fourth-order valence-corrected chi connectivity index (χ4v) is 1.28. The van der Waals surface area contributed by atoms with Crippen LogP contribution in [0.4, 0.5) is 10.7 Å². The lowest BCUT2D eigenvalue weighted by atomic mass is 10.0. The van der Waals surface area contributed by atoms with E-state index in [1.54, 1.807) is 0 Å². The molecule has 0 aliphatic carbocycles. The fourth-order valence-electron chi connectivity index (χ4n) is 1.28. The highest BCUT2D eigenvalue weighted by atomic mass is 16.4. The van der Waals surface area contributed by atoms with Gasteiger partial charge in [0.2, 0.25) is 5.95 Å². The monoisotopic (exact) mass is 183 g/mol. The summed E-state index contributed by atoms with van der Waals surface area (Å²) in [6.07, 6.45) is -0.899. The van der Waals surface area contributed by atoms with Crippen LogP contribution in [-0.4, -0.2) is 44.4 Å². The molecule has 70 valence electrons. The molecule has 7 nitrogen and oxygen atoms in total. The molecule has 0 saturated carbocycles. The van der Waals surface area contributed by atoms with Gasteiger partial charge < -0.3 is 15.7 Å². The van der Waals surface area contributed by atoms with E-state index in [-0.39, 0.29) is 11.9 Å². The maximum atomic E-state index is 10.4. The molecule has 13 heavy (non-hydrogen) atoms. The molecule has 1 saturated heterocycles. The fraction of sp³-hybridized carbons (Fsp3) is 0.500. The van der Waals surface area contributed by atoms with E-state index in [1.165, 1.54) is 4.90 Å². The Morgan fingerprint density at radius 1 is 1.69 bits per heavy atom. The molecule has 1 fully saturated rings. The molecule has 1 aromatic heterocycles. The second-order valence-electron chi connectivity index (χ2n) is 2.96. The Bertz CT molecular complexity index is 330. The number of carboxylic acid groups (broad SMARTS) is 1. The first-order valence-electron chi connectivity index (χ1n) is 3.82. The van der Waals surface area contributed by atoms with E-state index in [0.29, 0.717) is 18.9 Å². The molecule has 4 N–H and O–H groups in total. The summed E-state index contributed by atoms with van der Waals surface area (Å²) in [7, 11) is 0. The molecule has 2 heterocycles. The highest BCUT2D eigenvalue weighted by Crippen LogP contribution is 2.23. The summed E-state index contributed by atoms with van der Waals surface area (Å²) in [5.74, 6) is 0.972. The van der Waals surface area contributed by atoms with E-state index in [2.05, 4.69) is 15.2 Å². The molecular weight excluding hydrogens is 174 g/mol. The number of nitrogen functional groups attached to an aromatic ring is 1. The predicted molar refractivity (Wildman–Crippen MR) is 43.1 cm³/mol. The van der Waals surface area contributed by atoms with E-state index in [4.69, 9.17) is 10.8 Å². The minimum Gasteiger partial charge on any atom is -0.465 e. The van der Waals surface area contributed by atoms with Crippen molar-refractivity contribution < 1.29 is 9.90 Å². The van der Waals surface area contributed by atoms with E-state index in [9.17, 15) is 4.79 Å². The third-order valence-electron chi connectivity index (χ3n) is 2.06. The third-order valence-corrected chi connectivity index (χ3v) is 2.06. The van der Waals surface area contributed by atoms with E-state index < -0.39 is 6.09 Å². The van der Waals surface area contributed by atoms with Crippen molar-refractivity contribution in [3.8, 4) is 0 Å². The molecule has 0 aromatic carbocycles. The molecule has 1 aliphatic rings. The quantitative estimate of drug-likeness (QED) is 0.542. The number of carbonyl (C=O) groups is 1. The number of hydrogen-bond acceptors (Lipinski definition) is 4. The summed E-state index contributed by atoms with van der Waals surface area (Å²) in [5.41, 5.74) is 5.31. The van der Waals surface area contributed by atoms with Crippen LogP contribution in [0.15, 0.2) is 0 Å². The summed E-state index contributed by atoms with van der Waals surface area (Å²) in [4.78, 5) is 15.6. The van der Waals surface area contributed by atoms with Crippen molar-refractivity contribution in [2.45, 2.75) is 5.92 Å². The topological polar surface area (TPSA) is 108 Å². The lowest BCUT2D eigenvalue weighted by Crippen LogP contribution is -2.48. The van der Waals surface area contributed by atoms with Gasteiger partial charge in [-0.25, -0.2) is 4.79 Å². The van der Waals surface area contributed by atoms with Crippen LogP contribution in [0.3, 0.4) is 0 Å². The minimum atomic E-state index is -0.899. The van der Waals surface area contributed by atoms with Crippen LogP contribution in [0.5, 0.6) is 0 Å². The SMILES string of the molecule is Nc1n[nH]c(C2CN(C(=O)O)C2)n1. The van der Waals surface area contributed by atoms with Crippen LogP contribution < -0.4 is 5.73 Å². The normalized spacial score (nSPS) is 17.1. The standard InChI is InChI=1S/C6H9N5O2/c7-5-8-4(9-10-5)3-1-11(2-3)6(12)13/h3H,1-2H2,(H,12,13)(H3,7,8,9,10). The minimum absolute atomic E-state index is 0.112.